The van der Waals surface area contributed by atoms with Gasteiger partial charge in [-0.25, -0.2) is 5.06 Å². The molecule has 0 aliphatic heterocycles. The molecule has 0 aliphatic rings. The highest BCUT2D eigenvalue weighted by Crippen LogP contribution is 2.40. The molecule has 0 bridgehead atoms. The third-order valence-corrected chi connectivity index (χ3v) is 4.93. The van der Waals surface area contributed by atoms with Gasteiger partial charge in [0.2, 0.25) is 0 Å². The Kier molecular flexibility index (Phi) is 6.45. The molecule has 0 aliphatic carbocycles. The maximum atomic E-state index is 12.2. The Bertz CT molecular complexity index is 879. The molecule has 3 aromatic carbocycles. The van der Waals surface area contributed by atoms with Gasteiger partial charge in [0.1, 0.15) is 0 Å². The van der Waals surface area contributed by atoms with Crippen molar-refractivity contribution < 1.29 is 14.7 Å². The molecule has 0 amide bonds. The van der Waals surface area contributed by atoms with Crippen LogP contribution in [0.2, 0.25) is 0 Å². The Hall–Kier alpha value is -3.11. The van der Waals surface area contributed by atoms with Gasteiger partial charge in [-0.2, -0.15) is 0 Å². The van der Waals surface area contributed by atoms with Crippen molar-refractivity contribution in [2.45, 2.75) is 25.3 Å². The van der Waals surface area contributed by atoms with E-state index in [0.29, 0.717) is 5.69 Å². The Labute approximate surface area is 166 Å². The van der Waals surface area contributed by atoms with Crippen molar-refractivity contribution in [1.29, 1.82) is 0 Å². The largest absolute Gasteiger partial charge is 0.469 e. The van der Waals surface area contributed by atoms with Crippen molar-refractivity contribution in [2.75, 3.05) is 12.2 Å². The molecule has 1 N–H and O–H groups in total. The van der Waals surface area contributed by atoms with E-state index in [4.69, 9.17) is 4.74 Å². The molecule has 0 fully saturated rings. The number of methoxy groups -OCH3 is 1. The molecule has 0 radical (unpaired) electrons. The van der Waals surface area contributed by atoms with E-state index >= 15 is 0 Å². The molecule has 0 aromatic heterocycles. The Morgan fingerprint density at radius 1 is 0.893 bits per heavy atom. The number of anilines is 1. The van der Waals surface area contributed by atoms with Crippen LogP contribution in [0.25, 0.3) is 0 Å². The summed E-state index contributed by atoms with van der Waals surface area (Å²) in [5.74, 6) is -0.603. The van der Waals surface area contributed by atoms with E-state index in [1.807, 2.05) is 91.9 Å². The monoisotopic (exact) mass is 375 g/mol. The van der Waals surface area contributed by atoms with Crippen LogP contribution in [-0.4, -0.2) is 18.3 Å². The van der Waals surface area contributed by atoms with Gasteiger partial charge in [0.25, 0.3) is 0 Å². The van der Waals surface area contributed by atoms with Crippen LogP contribution < -0.4 is 5.06 Å². The van der Waals surface area contributed by atoms with Gasteiger partial charge in [-0.3, -0.25) is 10.0 Å². The standard InChI is InChI=1S/C24H25NO3/c1-18-13-15-20(16-14-18)24(25(27)21-11-7-4-8-12-21)22(17-23(26)28-2)19-9-5-3-6-10-19/h3-16,22,24,27H,17H2,1-2H3/t22-,24+/m1/s1. The van der Waals surface area contributed by atoms with E-state index in [9.17, 15) is 10.0 Å². The first-order valence-electron chi connectivity index (χ1n) is 9.31. The van der Waals surface area contributed by atoms with Crippen LogP contribution in [0.5, 0.6) is 0 Å². The Balaban J connectivity index is 2.10. The minimum Gasteiger partial charge on any atom is -0.469 e. The molecule has 4 nitrogen and oxygen atoms in total. The molecular formula is C24H25NO3. The summed E-state index contributed by atoms with van der Waals surface area (Å²) in [5, 5.41) is 12.5. The first kappa shape index (κ1) is 19.6. The summed E-state index contributed by atoms with van der Waals surface area (Å²) in [6.07, 6.45) is 0.156. The maximum Gasteiger partial charge on any atom is 0.306 e. The Morgan fingerprint density at radius 2 is 1.46 bits per heavy atom. The lowest BCUT2D eigenvalue weighted by Crippen LogP contribution is -2.31. The van der Waals surface area contributed by atoms with Gasteiger partial charge in [0.05, 0.1) is 25.3 Å². The molecule has 3 rings (SSSR count). The number of aryl methyl sites for hydroxylation is 1. The molecule has 4 heteroatoms. The summed E-state index contributed by atoms with van der Waals surface area (Å²) >= 11 is 0. The summed E-state index contributed by atoms with van der Waals surface area (Å²) in [4.78, 5) is 12.2. The first-order chi connectivity index (χ1) is 13.6. The van der Waals surface area contributed by atoms with Crippen molar-refractivity contribution in [1.82, 2.24) is 0 Å². The zero-order valence-electron chi connectivity index (χ0n) is 16.2. The summed E-state index contributed by atoms with van der Waals surface area (Å²) in [6, 6.07) is 26.7. The van der Waals surface area contributed by atoms with Gasteiger partial charge in [-0.15, -0.1) is 0 Å². The van der Waals surface area contributed by atoms with Crippen LogP contribution in [0, 0.1) is 6.92 Å². The quantitative estimate of drug-likeness (QED) is 0.451. The van der Waals surface area contributed by atoms with E-state index in [2.05, 4.69) is 0 Å². The average Bonchev–Trinajstić information content (AvgIpc) is 2.75. The zero-order chi connectivity index (χ0) is 19.9. The third-order valence-electron chi connectivity index (χ3n) is 4.93. The number of esters is 1. The van der Waals surface area contributed by atoms with Gasteiger partial charge in [-0.05, 0) is 30.2 Å². The van der Waals surface area contributed by atoms with E-state index < -0.39 is 6.04 Å². The number of hydrogen-bond donors (Lipinski definition) is 1. The number of nitrogens with zero attached hydrogens (tertiary/aromatic N) is 1. The molecule has 0 unspecified atom stereocenters. The normalized spacial score (nSPS) is 12.8. The fraction of sp³-hybridized carbons (Fsp3) is 0.208. The van der Waals surface area contributed by atoms with E-state index in [-0.39, 0.29) is 18.3 Å². The third kappa shape index (κ3) is 4.59. The van der Waals surface area contributed by atoms with Crippen LogP contribution in [-0.2, 0) is 9.53 Å². The lowest BCUT2D eigenvalue weighted by molar-refractivity contribution is -0.141. The minimum absolute atomic E-state index is 0.156. The van der Waals surface area contributed by atoms with Crippen LogP contribution in [0.1, 0.15) is 35.1 Å². The van der Waals surface area contributed by atoms with Crippen LogP contribution >= 0.6 is 0 Å². The topological polar surface area (TPSA) is 49.8 Å². The number of hydrogen-bond acceptors (Lipinski definition) is 4. The molecule has 3 aromatic rings. The van der Waals surface area contributed by atoms with E-state index in [0.717, 1.165) is 16.7 Å². The smallest absolute Gasteiger partial charge is 0.306 e. The van der Waals surface area contributed by atoms with Crippen molar-refractivity contribution in [3.63, 3.8) is 0 Å². The lowest BCUT2D eigenvalue weighted by atomic mass is 9.84. The maximum absolute atomic E-state index is 12.2. The zero-order valence-corrected chi connectivity index (χ0v) is 16.2. The summed E-state index contributed by atoms with van der Waals surface area (Å²) < 4.78 is 4.95. The molecule has 0 heterocycles. The van der Waals surface area contributed by atoms with Crippen LogP contribution in [0.15, 0.2) is 84.9 Å². The number of carbonyl (C=O) groups excluding carboxylic acids is 1. The predicted octanol–water partition coefficient (Wildman–Crippen LogP) is 5.28. The molecular weight excluding hydrogens is 350 g/mol. The minimum atomic E-state index is -0.454. The first-order valence-corrected chi connectivity index (χ1v) is 9.31. The second kappa shape index (κ2) is 9.20. The number of ether oxygens (including phenoxy) is 1. The van der Waals surface area contributed by atoms with Crippen molar-refractivity contribution >= 4 is 11.7 Å². The van der Waals surface area contributed by atoms with Crippen molar-refractivity contribution in [3.8, 4) is 0 Å². The van der Waals surface area contributed by atoms with Crippen molar-refractivity contribution in [2.24, 2.45) is 0 Å². The van der Waals surface area contributed by atoms with E-state index in [1.165, 1.54) is 12.2 Å². The second-order valence-corrected chi connectivity index (χ2v) is 6.83. The SMILES string of the molecule is COC(=O)C[C@H](c1ccccc1)[C@H](c1ccc(C)cc1)N(O)c1ccccc1. The van der Waals surface area contributed by atoms with Gasteiger partial charge >= 0.3 is 5.97 Å². The molecule has 28 heavy (non-hydrogen) atoms. The van der Waals surface area contributed by atoms with Crippen molar-refractivity contribution in [3.05, 3.63) is 102 Å². The van der Waals surface area contributed by atoms with E-state index in [1.54, 1.807) is 0 Å². The molecule has 2 atom stereocenters. The van der Waals surface area contributed by atoms with Gasteiger partial charge in [0.15, 0.2) is 0 Å². The molecule has 144 valence electrons. The highest BCUT2D eigenvalue weighted by atomic mass is 16.5. The number of benzene rings is 3. The predicted molar refractivity (Wildman–Crippen MR) is 110 cm³/mol. The number of hydroxylamine groups is 1. The van der Waals surface area contributed by atoms with Gasteiger partial charge in [0, 0.05) is 5.92 Å². The average molecular weight is 375 g/mol. The summed E-state index contributed by atoms with van der Waals surface area (Å²) in [7, 11) is 1.39. The fourth-order valence-corrected chi connectivity index (χ4v) is 3.42. The van der Waals surface area contributed by atoms with Gasteiger partial charge in [-0.1, -0.05) is 78.4 Å². The number of para-hydroxylation sites is 1. The molecule has 0 spiro atoms. The Morgan fingerprint density at radius 3 is 2.04 bits per heavy atom. The lowest BCUT2D eigenvalue weighted by Gasteiger charge is -2.34. The summed E-state index contributed by atoms with van der Waals surface area (Å²) in [5.41, 5.74) is 3.69. The number of carbonyl (C=O) groups is 1. The highest BCUT2D eigenvalue weighted by molar-refractivity contribution is 5.71. The molecule has 0 saturated carbocycles. The second-order valence-electron chi connectivity index (χ2n) is 6.83. The van der Waals surface area contributed by atoms with Gasteiger partial charge < -0.3 is 4.74 Å². The van der Waals surface area contributed by atoms with Crippen LogP contribution in [0.3, 0.4) is 0 Å². The van der Waals surface area contributed by atoms with Crippen LogP contribution in [0.4, 0.5) is 5.69 Å². The molecule has 0 saturated heterocycles. The summed E-state index contributed by atoms with van der Waals surface area (Å²) in [6.45, 7) is 2.02. The fourth-order valence-electron chi connectivity index (χ4n) is 3.42. The number of rotatable bonds is 7. The highest BCUT2D eigenvalue weighted by Gasteiger charge is 2.32.